The maximum Gasteiger partial charge on any atom is 0.234 e. The van der Waals surface area contributed by atoms with E-state index in [9.17, 15) is 9.18 Å². The van der Waals surface area contributed by atoms with Gasteiger partial charge in [0, 0.05) is 11.3 Å². The van der Waals surface area contributed by atoms with E-state index in [-0.39, 0.29) is 17.5 Å². The SMILES string of the molecule is Cc1cc(C)cc(NC(=O)CSc2ccc(-c3sc(-c4ccc(F)cc4)nc3C)nn2)c1. The molecule has 2 aromatic heterocycles. The molecule has 0 aliphatic heterocycles. The summed E-state index contributed by atoms with van der Waals surface area (Å²) in [5, 5.41) is 13.0. The van der Waals surface area contributed by atoms with E-state index in [1.165, 1.54) is 35.2 Å². The summed E-state index contributed by atoms with van der Waals surface area (Å²) in [6.45, 7) is 5.92. The maximum absolute atomic E-state index is 13.2. The Morgan fingerprint density at radius 3 is 2.38 bits per heavy atom. The van der Waals surface area contributed by atoms with Crippen LogP contribution in [0.2, 0.25) is 0 Å². The van der Waals surface area contributed by atoms with Crippen molar-refractivity contribution < 1.29 is 9.18 Å². The Kier molecular flexibility index (Phi) is 6.62. The number of rotatable bonds is 6. The minimum Gasteiger partial charge on any atom is -0.325 e. The topological polar surface area (TPSA) is 67.8 Å². The second-order valence-electron chi connectivity index (χ2n) is 7.41. The third kappa shape index (κ3) is 5.38. The number of anilines is 1. The quantitative estimate of drug-likeness (QED) is 0.351. The molecule has 0 saturated carbocycles. The van der Waals surface area contributed by atoms with Gasteiger partial charge in [-0.1, -0.05) is 17.8 Å². The highest BCUT2D eigenvalue weighted by atomic mass is 32.2. The number of carbonyl (C=O) groups is 1. The molecule has 5 nitrogen and oxygen atoms in total. The second kappa shape index (κ2) is 9.58. The number of carbonyl (C=O) groups excluding carboxylic acids is 1. The molecular formula is C24H21FN4OS2. The molecule has 0 unspecified atom stereocenters. The zero-order valence-corrected chi connectivity index (χ0v) is 19.5. The third-order valence-corrected chi connectivity index (χ3v) is 6.77. The zero-order chi connectivity index (χ0) is 22.7. The average Bonchev–Trinajstić information content (AvgIpc) is 3.14. The van der Waals surface area contributed by atoms with Crippen molar-refractivity contribution in [1.29, 1.82) is 0 Å². The van der Waals surface area contributed by atoms with Crippen LogP contribution in [0.5, 0.6) is 0 Å². The Labute approximate surface area is 194 Å². The third-order valence-electron chi connectivity index (χ3n) is 4.62. The smallest absolute Gasteiger partial charge is 0.234 e. The van der Waals surface area contributed by atoms with Gasteiger partial charge in [0.15, 0.2) is 0 Å². The summed E-state index contributed by atoms with van der Waals surface area (Å²) < 4.78 is 13.2. The van der Waals surface area contributed by atoms with Crippen molar-refractivity contribution in [3.63, 3.8) is 0 Å². The predicted octanol–water partition coefficient (Wildman–Crippen LogP) is 6.06. The molecule has 162 valence electrons. The average molecular weight is 465 g/mol. The van der Waals surface area contributed by atoms with Crippen LogP contribution in [0.15, 0.2) is 59.6 Å². The van der Waals surface area contributed by atoms with Gasteiger partial charge >= 0.3 is 0 Å². The van der Waals surface area contributed by atoms with E-state index in [4.69, 9.17) is 0 Å². The number of thioether (sulfide) groups is 1. The van der Waals surface area contributed by atoms with Crippen LogP contribution in [0.25, 0.3) is 21.1 Å². The molecular weight excluding hydrogens is 443 g/mol. The first-order valence-electron chi connectivity index (χ1n) is 9.96. The summed E-state index contributed by atoms with van der Waals surface area (Å²) in [5.41, 5.74) is 5.44. The fraction of sp³-hybridized carbons (Fsp3) is 0.167. The molecule has 1 amide bonds. The minimum absolute atomic E-state index is 0.0897. The van der Waals surface area contributed by atoms with Gasteiger partial charge in [0.2, 0.25) is 5.91 Å². The highest BCUT2D eigenvalue weighted by Gasteiger charge is 2.14. The summed E-state index contributed by atoms with van der Waals surface area (Å²) in [5.74, 6) is -0.119. The number of benzene rings is 2. The van der Waals surface area contributed by atoms with Gasteiger partial charge in [-0.15, -0.1) is 21.5 Å². The fourth-order valence-corrected chi connectivity index (χ4v) is 4.90. The van der Waals surface area contributed by atoms with Gasteiger partial charge in [-0.25, -0.2) is 9.37 Å². The number of aryl methyl sites for hydroxylation is 3. The second-order valence-corrected chi connectivity index (χ2v) is 9.41. The van der Waals surface area contributed by atoms with Crippen molar-refractivity contribution >= 4 is 34.7 Å². The number of hydrogen-bond acceptors (Lipinski definition) is 6. The van der Waals surface area contributed by atoms with E-state index in [2.05, 4.69) is 26.6 Å². The number of amides is 1. The number of aromatic nitrogens is 3. The molecule has 0 radical (unpaired) electrons. The van der Waals surface area contributed by atoms with Crippen molar-refractivity contribution in [2.75, 3.05) is 11.1 Å². The minimum atomic E-state index is -0.274. The van der Waals surface area contributed by atoms with Gasteiger partial charge in [0.25, 0.3) is 0 Å². The molecule has 1 N–H and O–H groups in total. The van der Waals surface area contributed by atoms with E-state index < -0.39 is 0 Å². The summed E-state index contributed by atoms with van der Waals surface area (Å²) in [6, 6.07) is 16.0. The molecule has 0 bridgehead atoms. The number of halogens is 1. The highest BCUT2D eigenvalue weighted by Crippen LogP contribution is 2.34. The number of thiazole rings is 1. The lowest BCUT2D eigenvalue weighted by Crippen LogP contribution is -2.14. The van der Waals surface area contributed by atoms with Crippen LogP contribution in [0, 0.1) is 26.6 Å². The van der Waals surface area contributed by atoms with Crippen molar-refractivity contribution in [2.45, 2.75) is 25.8 Å². The first-order chi connectivity index (χ1) is 15.4. The van der Waals surface area contributed by atoms with Crippen molar-refractivity contribution in [2.24, 2.45) is 0 Å². The molecule has 0 saturated heterocycles. The molecule has 2 aromatic carbocycles. The molecule has 2 heterocycles. The van der Waals surface area contributed by atoms with Gasteiger partial charge in [-0.3, -0.25) is 4.79 Å². The molecule has 0 aliphatic rings. The monoisotopic (exact) mass is 464 g/mol. The van der Waals surface area contributed by atoms with Crippen LogP contribution >= 0.6 is 23.1 Å². The summed E-state index contributed by atoms with van der Waals surface area (Å²) in [6.07, 6.45) is 0. The van der Waals surface area contributed by atoms with Gasteiger partial charge in [0.1, 0.15) is 21.5 Å². The van der Waals surface area contributed by atoms with Crippen molar-refractivity contribution in [1.82, 2.24) is 15.2 Å². The van der Waals surface area contributed by atoms with Crippen LogP contribution in [0.1, 0.15) is 16.8 Å². The predicted molar refractivity (Wildman–Crippen MR) is 129 cm³/mol. The number of hydrogen-bond donors (Lipinski definition) is 1. The van der Waals surface area contributed by atoms with E-state index in [1.54, 1.807) is 12.1 Å². The van der Waals surface area contributed by atoms with Crippen LogP contribution < -0.4 is 5.32 Å². The molecule has 4 rings (SSSR count). The van der Waals surface area contributed by atoms with Gasteiger partial charge < -0.3 is 5.32 Å². The molecule has 0 aliphatic carbocycles. The molecule has 0 spiro atoms. The molecule has 4 aromatic rings. The van der Waals surface area contributed by atoms with Crippen LogP contribution in [-0.2, 0) is 4.79 Å². The lowest BCUT2D eigenvalue weighted by atomic mass is 10.1. The standard InChI is InChI=1S/C24H21FN4OS2/c1-14-10-15(2)12-19(11-14)27-21(30)13-31-22-9-8-20(28-29-22)23-16(3)26-24(32-23)17-4-6-18(25)7-5-17/h4-12H,13H2,1-3H3,(H,27,30). The maximum atomic E-state index is 13.2. The largest absolute Gasteiger partial charge is 0.325 e. The van der Waals surface area contributed by atoms with Crippen molar-refractivity contribution in [3.8, 4) is 21.1 Å². The Hall–Kier alpha value is -3.10. The first kappa shape index (κ1) is 22.1. The zero-order valence-electron chi connectivity index (χ0n) is 17.8. The Balaban J connectivity index is 1.40. The van der Waals surface area contributed by atoms with Crippen LogP contribution in [-0.4, -0.2) is 26.8 Å². The van der Waals surface area contributed by atoms with Crippen molar-refractivity contribution in [3.05, 3.63) is 77.2 Å². The number of nitrogens with zero attached hydrogens (tertiary/aromatic N) is 3. The first-order valence-corrected chi connectivity index (χ1v) is 11.8. The number of nitrogens with one attached hydrogen (secondary N) is 1. The molecule has 0 fully saturated rings. The Morgan fingerprint density at radius 1 is 1.00 bits per heavy atom. The summed E-state index contributed by atoms with van der Waals surface area (Å²) in [7, 11) is 0. The van der Waals surface area contributed by atoms with Gasteiger partial charge in [-0.2, -0.15) is 0 Å². The normalized spacial score (nSPS) is 10.9. The van der Waals surface area contributed by atoms with Gasteiger partial charge in [-0.05, 0) is 80.4 Å². The summed E-state index contributed by atoms with van der Waals surface area (Å²) >= 11 is 2.83. The van der Waals surface area contributed by atoms with E-state index in [0.29, 0.717) is 5.03 Å². The van der Waals surface area contributed by atoms with E-state index >= 15 is 0 Å². The molecule has 0 atom stereocenters. The Bertz CT molecular complexity index is 1230. The molecule has 8 heteroatoms. The lowest BCUT2D eigenvalue weighted by molar-refractivity contribution is -0.113. The van der Waals surface area contributed by atoms with Crippen LogP contribution in [0.4, 0.5) is 10.1 Å². The fourth-order valence-electron chi connectivity index (χ4n) is 3.25. The van der Waals surface area contributed by atoms with Crippen LogP contribution in [0.3, 0.4) is 0 Å². The summed E-state index contributed by atoms with van der Waals surface area (Å²) in [4.78, 5) is 17.8. The van der Waals surface area contributed by atoms with E-state index in [0.717, 1.165) is 43.7 Å². The molecule has 32 heavy (non-hydrogen) atoms. The Morgan fingerprint density at radius 2 is 1.72 bits per heavy atom. The lowest BCUT2D eigenvalue weighted by Gasteiger charge is -2.07. The van der Waals surface area contributed by atoms with Gasteiger partial charge in [0.05, 0.1) is 16.3 Å². The highest BCUT2D eigenvalue weighted by molar-refractivity contribution is 7.99. The van der Waals surface area contributed by atoms with E-state index in [1.807, 2.05) is 45.0 Å².